The van der Waals surface area contributed by atoms with Crippen molar-refractivity contribution < 1.29 is 4.79 Å². The summed E-state index contributed by atoms with van der Waals surface area (Å²) in [7, 11) is 0. The Labute approximate surface area is 98.4 Å². The van der Waals surface area contributed by atoms with Crippen LogP contribution in [0, 0.1) is 11.8 Å². The van der Waals surface area contributed by atoms with Crippen molar-refractivity contribution in [2.24, 2.45) is 11.8 Å². The molecule has 2 fully saturated rings. The first-order valence-corrected chi connectivity index (χ1v) is 6.78. The summed E-state index contributed by atoms with van der Waals surface area (Å²) in [4.78, 5) is 11.7. The summed E-state index contributed by atoms with van der Waals surface area (Å²) < 4.78 is 0. The fourth-order valence-electron chi connectivity index (χ4n) is 2.76. The van der Waals surface area contributed by atoms with E-state index in [0.29, 0.717) is 12.0 Å². The van der Waals surface area contributed by atoms with Crippen LogP contribution >= 0.6 is 0 Å². The first-order valence-electron chi connectivity index (χ1n) is 6.78. The van der Waals surface area contributed by atoms with Crippen LogP contribution in [0.1, 0.15) is 45.4 Å². The highest BCUT2D eigenvalue weighted by atomic mass is 16.1. The third-order valence-corrected chi connectivity index (χ3v) is 4.13. The number of hydrogen-bond donors (Lipinski definition) is 2. The van der Waals surface area contributed by atoms with Crippen LogP contribution in [0.15, 0.2) is 0 Å². The minimum atomic E-state index is 0.270. The quantitative estimate of drug-likeness (QED) is 0.763. The Morgan fingerprint density at radius 3 is 2.38 bits per heavy atom. The van der Waals surface area contributed by atoms with E-state index in [1.165, 1.54) is 32.1 Å². The van der Waals surface area contributed by atoms with E-state index >= 15 is 0 Å². The van der Waals surface area contributed by atoms with Crippen molar-refractivity contribution >= 4 is 5.91 Å². The van der Waals surface area contributed by atoms with E-state index in [9.17, 15) is 4.79 Å². The summed E-state index contributed by atoms with van der Waals surface area (Å²) in [6.07, 6.45) is 6.99. The minimum Gasteiger partial charge on any atom is -0.353 e. The molecule has 1 heterocycles. The Balaban J connectivity index is 1.63. The number of hydrogen-bond acceptors (Lipinski definition) is 2. The molecule has 2 aliphatic rings. The van der Waals surface area contributed by atoms with E-state index in [4.69, 9.17) is 0 Å². The highest BCUT2D eigenvalue weighted by molar-refractivity contribution is 5.76. The Kier molecular flexibility index (Phi) is 4.22. The highest BCUT2D eigenvalue weighted by Gasteiger charge is 2.24. The predicted molar refractivity (Wildman–Crippen MR) is 65.2 cm³/mol. The first-order chi connectivity index (χ1) is 7.78. The summed E-state index contributed by atoms with van der Waals surface area (Å²) >= 11 is 0. The predicted octanol–water partition coefficient (Wildman–Crippen LogP) is 1.68. The van der Waals surface area contributed by atoms with Crippen LogP contribution in [0.3, 0.4) is 0 Å². The molecule has 0 aromatic rings. The SMILES string of the molecule is CCC1CCC(NC(=O)CC2CNC2)CC1. The van der Waals surface area contributed by atoms with Crippen molar-refractivity contribution in [1.82, 2.24) is 10.6 Å². The molecule has 16 heavy (non-hydrogen) atoms. The van der Waals surface area contributed by atoms with Crippen LogP contribution in [0.25, 0.3) is 0 Å². The molecule has 1 saturated carbocycles. The molecular formula is C13H24N2O. The summed E-state index contributed by atoms with van der Waals surface area (Å²) in [6.45, 7) is 4.32. The van der Waals surface area contributed by atoms with Gasteiger partial charge in [-0.25, -0.2) is 0 Å². The molecule has 1 saturated heterocycles. The lowest BCUT2D eigenvalue weighted by Crippen LogP contribution is -2.46. The molecule has 92 valence electrons. The molecular weight excluding hydrogens is 200 g/mol. The maximum Gasteiger partial charge on any atom is 0.220 e. The molecule has 0 bridgehead atoms. The molecule has 3 nitrogen and oxygen atoms in total. The highest BCUT2D eigenvalue weighted by Crippen LogP contribution is 2.26. The molecule has 1 amide bonds. The van der Waals surface area contributed by atoms with E-state index in [2.05, 4.69) is 17.6 Å². The van der Waals surface area contributed by atoms with E-state index in [1.54, 1.807) is 0 Å². The van der Waals surface area contributed by atoms with Gasteiger partial charge in [-0.2, -0.15) is 0 Å². The van der Waals surface area contributed by atoms with Gasteiger partial charge in [0.15, 0.2) is 0 Å². The average Bonchev–Trinajstić information content (AvgIpc) is 2.25. The van der Waals surface area contributed by atoms with Crippen molar-refractivity contribution in [3.63, 3.8) is 0 Å². The summed E-state index contributed by atoms with van der Waals surface area (Å²) in [5.74, 6) is 1.77. The number of rotatable bonds is 4. The second kappa shape index (κ2) is 5.67. The van der Waals surface area contributed by atoms with Gasteiger partial charge in [-0.15, -0.1) is 0 Å². The van der Waals surface area contributed by atoms with Crippen LogP contribution in [0.5, 0.6) is 0 Å². The van der Waals surface area contributed by atoms with Crippen LogP contribution < -0.4 is 10.6 Å². The molecule has 0 unspecified atom stereocenters. The van der Waals surface area contributed by atoms with Crippen molar-refractivity contribution in [2.75, 3.05) is 13.1 Å². The maximum absolute atomic E-state index is 11.7. The second-order valence-corrected chi connectivity index (χ2v) is 5.42. The van der Waals surface area contributed by atoms with E-state index in [0.717, 1.165) is 25.4 Å². The molecule has 1 aliphatic heterocycles. The lowest BCUT2D eigenvalue weighted by atomic mass is 9.84. The Morgan fingerprint density at radius 2 is 1.88 bits per heavy atom. The third-order valence-electron chi connectivity index (χ3n) is 4.13. The van der Waals surface area contributed by atoms with Gasteiger partial charge >= 0.3 is 0 Å². The van der Waals surface area contributed by atoms with Crippen molar-refractivity contribution in [2.45, 2.75) is 51.5 Å². The van der Waals surface area contributed by atoms with Crippen molar-refractivity contribution in [3.8, 4) is 0 Å². The zero-order valence-electron chi connectivity index (χ0n) is 10.3. The molecule has 0 aromatic carbocycles. The number of amides is 1. The van der Waals surface area contributed by atoms with Crippen LogP contribution in [0.2, 0.25) is 0 Å². The molecule has 2 rings (SSSR count). The number of carbonyl (C=O) groups excluding carboxylic acids is 1. The van der Waals surface area contributed by atoms with Gasteiger partial charge in [0.1, 0.15) is 0 Å². The van der Waals surface area contributed by atoms with E-state index in [1.807, 2.05) is 0 Å². The van der Waals surface area contributed by atoms with Crippen LogP contribution in [-0.2, 0) is 4.79 Å². The number of carbonyl (C=O) groups is 1. The lowest BCUT2D eigenvalue weighted by molar-refractivity contribution is -0.123. The Hall–Kier alpha value is -0.570. The molecule has 1 aliphatic carbocycles. The summed E-state index contributed by atoms with van der Waals surface area (Å²) in [6, 6.07) is 0.461. The zero-order valence-corrected chi connectivity index (χ0v) is 10.3. The van der Waals surface area contributed by atoms with Gasteiger partial charge in [0, 0.05) is 12.5 Å². The van der Waals surface area contributed by atoms with Crippen LogP contribution in [0.4, 0.5) is 0 Å². The normalized spacial score (nSPS) is 30.8. The summed E-state index contributed by atoms with van der Waals surface area (Å²) in [5, 5.41) is 6.40. The van der Waals surface area contributed by atoms with E-state index < -0.39 is 0 Å². The van der Waals surface area contributed by atoms with Gasteiger partial charge in [0.25, 0.3) is 0 Å². The third kappa shape index (κ3) is 3.21. The Morgan fingerprint density at radius 1 is 1.19 bits per heavy atom. The lowest BCUT2D eigenvalue weighted by Gasteiger charge is -2.30. The molecule has 2 N–H and O–H groups in total. The molecule has 0 aromatic heterocycles. The largest absolute Gasteiger partial charge is 0.353 e. The zero-order chi connectivity index (χ0) is 11.4. The molecule has 0 spiro atoms. The standard InChI is InChI=1S/C13H24N2O/c1-2-10-3-5-12(6-4-10)15-13(16)7-11-8-14-9-11/h10-12,14H,2-9H2,1H3,(H,15,16). The van der Waals surface area contributed by atoms with Crippen LogP contribution in [-0.4, -0.2) is 25.0 Å². The maximum atomic E-state index is 11.7. The van der Waals surface area contributed by atoms with Gasteiger partial charge < -0.3 is 10.6 Å². The fourth-order valence-corrected chi connectivity index (χ4v) is 2.76. The smallest absolute Gasteiger partial charge is 0.220 e. The second-order valence-electron chi connectivity index (χ2n) is 5.42. The topological polar surface area (TPSA) is 41.1 Å². The summed E-state index contributed by atoms with van der Waals surface area (Å²) in [5.41, 5.74) is 0. The Bertz CT molecular complexity index is 230. The van der Waals surface area contributed by atoms with Gasteiger partial charge in [-0.05, 0) is 50.6 Å². The van der Waals surface area contributed by atoms with Gasteiger partial charge in [0.2, 0.25) is 5.91 Å². The number of nitrogens with one attached hydrogen (secondary N) is 2. The monoisotopic (exact) mass is 224 g/mol. The van der Waals surface area contributed by atoms with Gasteiger partial charge in [-0.1, -0.05) is 13.3 Å². The molecule has 0 atom stereocenters. The van der Waals surface area contributed by atoms with Gasteiger partial charge in [-0.3, -0.25) is 4.79 Å². The van der Waals surface area contributed by atoms with E-state index in [-0.39, 0.29) is 5.91 Å². The first kappa shape index (κ1) is 11.9. The average molecular weight is 224 g/mol. The minimum absolute atomic E-state index is 0.270. The molecule has 0 radical (unpaired) electrons. The molecule has 3 heteroatoms. The van der Waals surface area contributed by atoms with Crippen molar-refractivity contribution in [1.29, 1.82) is 0 Å². The van der Waals surface area contributed by atoms with Gasteiger partial charge in [0.05, 0.1) is 0 Å². The fraction of sp³-hybridized carbons (Fsp3) is 0.923. The van der Waals surface area contributed by atoms with Crippen molar-refractivity contribution in [3.05, 3.63) is 0 Å².